The van der Waals surface area contributed by atoms with Gasteiger partial charge in [0, 0.05) is 35.9 Å². The Kier molecular flexibility index (Phi) is 9.66. The van der Waals surface area contributed by atoms with E-state index in [2.05, 4.69) is 10.0 Å². The molecule has 12 nitrogen and oxygen atoms in total. The lowest BCUT2D eigenvalue weighted by atomic mass is 10.1. The van der Waals surface area contributed by atoms with Crippen molar-refractivity contribution in [3.63, 3.8) is 0 Å². The van der Waals surface area contributed by atoms with Gasteiger partial charge in [-0.2, -0.15) is 4.72 Å². The van der Waals surface area contributed by atoms with Crippen LogP contribution in [0.25, 0.3) is 0 Å². The van der Waals surface area contributed by atoms with Crippen molar-refractivity contribution in [3.05, 3.63) is 59.1 Å². The van der Waals surface area contributed by atoms with Gasteiger partial charge in [-0.3, -0.25) is 19.8 Å². The van der Waals surface area contributed by atoms with E-state index in [4.69, 9.17) is 27.5 Å². The number of benzene rings is 2. The molecule has 0 radical (unpaired) electrons. The average Bonchev–Trinajstić information content (AvgIpc) is 2.88. The van der Waals surface area contributed by atoms with Crippen molar-refractivity contribution in [2.24, 2.45) is 5.73 Å². The number of esters is 1. The maximum atomic E-state index is 12.7. The Balaban J connectivity index is 1.56. The Hall–Kier alpha value is -3.68. The summed E-state index contributed by atoms with van der Waals surface area (Å²) in [4.78, 5) is 40.7. The Bertz CT molecular complexity index is 1290. The van der Waals surface area contributed by atoms with Crippen LogP contribution in [-0.4, -0.2) is 82.3 Å². The standard InChI is InChI=1S/C24H29ClN6O6S/c1-2-37-24(34)20(29-38(35,36)19-9-5-17(25)6-10-19)13-28-21(32)14-31-12-11-30(15-22(31)33)18-7-3-16(4-8-18)23(26)27/h3-10,20,29H,2,11-15H2,1H3,(H3,26,27)(H,28,32)/t20-/m0/s1. The van der Waals surface area contributed by atoms with E-state index < -0.39 is 27.9 Å². The van der Waals surface area contributed by atoms with Gasteiger partial charge in [0.2, 0.25) is 21.8 Å². The van der Waals surface area contributed by atoms with Gasteiger partial charge in [-0.25, -0.2) is 8.42 Å². The molecule has 2 aromatic carbocycles. The number of nitrogens with two attached hydrogens (primary N) is 1. The van der Waals surface area contributed by atoms with Crippen molar-refractivity contribution < 1.29 is 27.5 Å². The first-order valence-electron chi connectivity index (χ1n) is 11.7. The molecule has 1 aliphatic rings. The molecule has 1 saturated heterocycles. The molecule has 3 rings (SSSR count). The summed E-state index contributed by atoms with van der Waals surface area (Å²) in [5.41, 5.74) is 6.84. The molecular formula is C24H29ClN6O6S. The number of carbonyl (C=O) groups excluding carboxylic acids is 3. The number of amidine groups is 1. The number of hydrogen-bond acceptors (Lipinski definition) is 8. The highest BCUT2D eigenvalue weighted by atomic mass is 35.5. The molecule has 38 heavy (non-hydrogen) atoms. The lowest BCUT2D eigenvalue weighted by Crippen LogP contribution is -2.54. The van der Waals surface area contributed by atoms with Crippen LogP contribution in [0.4, 0.5) is 5.69 Å². The Morgan fingerprint density at radius 2 is 1.79 bits per heavy atom. The molecule has 0 bridgehead atoms. The molecule has 2 aromatic rings. The summed E-state index contributed by atoms with van der Waals surface area (Å²) in [5, 5.41) is 10.3. The molecular weight excluding hydrogens is 536 g/mol. The van der Waals surface area contributed by atoms with Crippen molar-refractivity contribution in [1.29, 1.82) is 5.41 Å². The molecule has 204 valence electrons. The van der Waals surface area contributed by atoms with Gasteiger partial charge >= 0.3 is 5.97 Å². The highest BCUT2D eigenvalue weighted by Gasteiger charge is 2.29. The van der Waals surface area contributed by atoms with Crippen LogP contribution >= 0.6 is 11.6 Å². The molecule has 1 atom stereocenters. The zero-order chi connectivity index (χ0) is 27.9. The number of nitrogens with zero attached hydrogens (tertiary/aromatic N) is 2. The second-order valence-corrected chi connectivity index (χ2v) is 10.5. The van der Waals surface area contributed by atoms with E-state index >= 15 is 0 Å². The first-order valence-corrected chi connectivity index (χ1v) is 13.5. The van der Waals surface area contributed by atoms with Crippen LogP contribution in [0.5, 0.6) is 0 Å². The van der Waals surface area contributed by atoms with Gasteiger partial charge in [-0.1, -0.05) is 11.6 Å². The molecule has 5 N–H and O–H groups in total. The summed E-state index contributed by atoms with van der Waals surface area (Å²) in [5.74, 6) is -1.73. The average molecular weight is 565 g/mol. The van der Waals surface area contributed by atoms with E-state index in [0.717, 1.165) is 5.69 Å². The number of carbonyl (C=O) groups is 3. The van der Waals surface area contributed by atoms with Gasteiger partial charge in [0.05, 0.1) is 24.6 Å². The summed E-state index contributed by atoms with van der Waals surface area (Å²) in [6, 6.07) is 10.9. The topological polar surface area (TPSA) is 175 Å². The number of anilines is 1. The van der Waals surface area contributed by atoms with E-state index in [1.807, 2.05) is 4.90 Å². The Morgan fingerprint density at radius 1 is 1.13 bits per heavy atom. The van der Waals surface area contributed by atoms with Crippen LogP contribution in [0.1, 0.15) is 12.5 Å². The van der Waals surface area contributed by atoms with Crippen LogP contribution in [0, 0.1) is 5.41 Å². The third kappa shape index (κ3) is 7.66. The van der Waals surface area contributed by atoms with Gasteiger partial charge in [0.15, 0.2) is 0 Å². The van der Waals surface area contributed by atoms with Gasteiger partial charge in [-0.15, -0.1) is 0 Å². The molecule has 2 amide bonds. The number of halogens is 1. The second-order valence-electron chi connectivity index (χ2n) is 8.38. The second kappa shape index (κ2) is 12.7. The maximum absolute atomic E-state index is 12.7. The zero-order valence-corrected chi connectivity index (χ0v) is 22.2. The third-order valence-electron chi connectivity index (χ3n) is 5.69. The van der Waals surface area contributed by atoms with Gasteiger partial charge in [0.25, 0.3) is 0 Å². The lowest BCUT2D eigenvalue weighted by molar-refractivity contribution is -0.145. The minimum atomic E-state index is -4.11. The van der Waals surface area contributed by atoms with Gasteiger partial charge in [0.1, 0.15) is 11.9 Å². The third-order valence-corrected chi connectivity index (χ3v) is 7.43. The fourth-order valence-electron chi connectivity index (χ4n) is 3.68. The number of amides is 2. The highest BCUT2D eigenvalue weighted by Crippen LogP contribution is 2.18. The highest BCUT2D eigenvalue weighted by molar-refractivity contribution is 7.89. The summed E-state index contributed by atoms with van der Waals surface area (Å²) >= 11 is 5.81. The zero-order valence-electron chi connectivity index (χ0n) is 20.6. The molecule has 0 aromatic heterocycles. The number of nitrogens with one attached hydrogen (secondary N) is 3. The predicted octanol–water partition coefficient (Wildman–Crippen LogP) is 0.299. The molecule has 1 aliphatic heterocycles. The van der Waals surface area contributed by atoms with E-state index in [1.165, 1.54) is 29.2 Å². The number of rotatable bonds is 11. The van der Waals surface area contributed by atoms with Crippen molar-refractivity contribution in [2.75, 3.05) is 44.2 Å². The first-order chi connectivity index (χ1) is 18.0. The largest absolute Gasteiger partial charge is 0.465 e. The molecule has 1 fully saturated rings. The summed E-state index contributed by atoms with van der Waals surface area (Å²) in [7, 11) is -4.11. The number of sulfonamides is 1. The van der Waals surface area contributed by atoms with Gasteiger partial charge < -0.3 is 25.6 Å². The number of nitrogen functional groups attached to an aromatic ring is 1. The minimum Gasteiger partial charge on any atom is -0.465 e. The van der Waals surface area contributed by atoms with Crippen LogP contribution in [0.15, 0.2) is 53.4 Å². The number of hydrogen-bond donors (Lipinski definition) is 4. The molecule has 0 aliphatic carbocycles. The normalized spacial score (nSPS) is 14.6. The van der Waals surface area contributed by atoms with Crippen LogP contribution in [0.3, 0.4) is 0 Å². The minimum absolute atomic E-state index is 0.0161. The summed E-state index contributed by atoms with van der Waals surface area (Å²) in [6.45, 7) is 1.78. The van der Waals surface area contributed by atoms with Crippen LogP contribution < -0.4 is 20.7 Å². The molecule has 0 spiro atoms. The SMILES string of the molecule is CCOC(=O)[C@H](CNC(=O)CN1CCN(c2ccc(C(=N)N)cc2)CC1=O)NS(=O)(=O)c1ccc(Cl)cc1. The molecule has 14 heteroatoms. The number of piperazine rings is 1. The Morgan fingerprint density at radius 3 is 2.37 bits per heavy atom. The smallest absolute Gasteiger partial charge is 0.326 e. The van der Waals surface area contributed by atoms with Gasteiger partial charge in [-0.05, 0) is 55.5 Å². The summed E-state index contributed by atoms with van der Waals surface area (Å²) < 4.78 is 32.6. The lowest BCUT2D eigenvalue weighted by Gasteiger charge is -2.35. The van der Waals surface area contributed by atoms with E-state index in [0.29, 0.717) is 17.1 Å². The van der Waals surface area contributed by atoms with E-state index in [-0.39, 0.29) is 49.4 Å². The van der Waals surface area contributed by atoms with Crippen LogP contribution in [0.2, 0.25) is 5.02 Å². The monoisotopic (exact) mass is 564 g/mol. The Labute approximate surface area is 225 Å². The fourth-order valence-corrected chi connectivity index (χ4v) is 4.99. The fraction of sp³-hybridized carbons (Fsp3) is 0.333. The summed E-state index contributed by atoms with van der Waals surface area (Å²) in [6.07, 6.45) is 0. The van der Waals surface area contributed by atoms with Crippen molar-refractivity contribution >= 4 is 50.9 Å². The van der Waals surface area contributed by atoms with Crippen molar-refractivity contribution in [2.45, 2.75) is 17.9 Å². The van der Waals surface area contributed by atoms with Crippen LogP contribution in [-0.2, 0) is 29.1 Å². The number of ether oxygens (including phenoxy) is 1. The predicted molar refractivity (Wildman–Crippen MR) is 141 cm³/mol. The van der Waals surface area contributed by atoms with Crippen molar-refractivity contribution in [1.82, 2.24) is 14.9 Å². The van der Waals surface area contributed by atoms with E-state index in [9.17, 15) is 22.8 Å². The molecule has 1 heterocycles. The molecule has 0 saturated carbocycles. The maximum Gasteiger partial charge on any atom is 0.326 e. The molecule has 0 unspecified atom stereocenters. The first kappa shape index (κ1) is 28.9. The van der Waals surface area contributed by atoms with Crippen molar-refractivity contribution in [3.8, 4) is 0 Å². The quantitative estimate of drug-likeness (QED) is 0.171. The van der Waals surface area contributed by atoms with E-state index in [1.54, 1.807) is 31.2 Å².